The van der Waals surface area contributed by atoms with Crippen LogP contribution in [0.25, 0.3) is 0 Å². The second kappa shape index (κ2) is 6.44. The molecule has 0 N–H and O–H groups in total. The lowest BCUT2D eigenvalue weighted by Crippen LogP contribution is -2.44. The van der Waals surface area contributed by atoms with Crippen molar-refractivity contribution in [2.45, 2.75) is 5.25 Å². The molecule has 0 spiro atoms. The Hall–Kier alpha value is -2.00. The molecule has 1 heterocycles. The van der Waals surface area contributed by atoms with E-state index < -0.39 is 0 Å². The summed E-state index contributed by atoms with van der Waals surface area (Å²) in [5.74, 6) is 0.290. The maximum atomic E-state index is 12.3. The predicted molar refractivity (Wildman–Crippen MR) is 75.3 cm³/mol. The van der Waals surface area contributed by atoms with Crippen molar-refractivity contribution in [2.75, 3.05) is 26.0 Å². The molecule has 1 saturated heterocycles. The minimum Gasteiger partial charge on any atom is -0.468 e. The average Bonchev–Trinajstić information content (AvgIpc) is 2.53. The van der Waals surface area contributed by atoms with E-state index in [0.29, 0.717) is 30.0 Å². The van der Waals surface area contributed by atoms with Gasteiger partial charge in [0, 0.05) is 24.4 Å². The number of carbonyl (C=O) groups is 2. The first kappa shape index (κ1) is 14.4. The number of amides is 1. The van der Waals surface area contributed by atoms with Crippen LogP contribution in [0.5, 0.6) is 0 Å². The molecule has 5 nitrogen and oxygen atoms in total. The number of methoxy groups -OCH3 is 1. The monoisotopic (exact) mass is 290 g/mol. The number of nitriles is 1. The van der Waals surface area contributed by atoms with Gasteiger partial charge in [-0.05, 0) is 24.3 Å². The third-order valence-corrected chi connectivity index (χ3v) is 4.24. The van der Waals surface area contributed by atoms with Crippen LogP contribution in [0, 0.1) is 11.3 Å². The molecule has 104 valence electrons. The van der Waals surface area contributed by atoms with Crippen molar-refractivity contribution in [3.8, 4) is 6.07 Å². The Balaban J connectivity index is 2.08. The molecule has 0 unspecified atom stereocenters. The van der Waals surface area contributed by atoms with Crippen LogP contribution < -0.4 is 0 Å². The van der Waals surface area contributed by atoms with Gasteiger partial charge in [0.05, 0.1) is 18.7 Å². The van der Waals surface area contributed by atoms with Crippen molar-refractivity contribution in [1.29, 1.82) is 5.26 Å². The highest BCUT2D eigenvalue weighted by Crippen LogP contribution is 2.21. The Morgan fingerprint density at radius 3 is 2.70 bits per heavy atom. The van der Waals surface area contributed by atoms with Gasteiger partial charge in [0.15, 0.2) is 0 Å². The average molecular weight is 290 g/mol. The van der Waals surface area contributed by atoms with Gasteiger partial charge in [-0.15, -0.1) is 11.8 Å². The molecule has 0 aliphatic carbocycles. The molecule has 1 aromatic carbocycles. The lowest BCUT2D eigenvalue weighted by atomic mass is 10.1. The maximum Gasteiger partial charge on any atom is 0.320 e. The van der Waals surface area contributed by atoms with Gasteiger partial charge >= 0.3 is 5.97 Å². The molecule has 1 fully saturated rings. The first-order valence-corrected chi connectivity index (χ1v) is 7.19. The molecule has 1 amide bonds. The van der Waals surface area contributed by atoms with E-state index in [1.165, 1.54) is 18.9 Å². The highest BCUT2D eigenvalue weighted by atomic mass is 32.2. The van der Waals surface area contributed by atoms with Crippen molar-refractivity contribution in [3.05, 3.63) is 35.4 Å². The molecule has 1 atom stereocenters. The molecule has 2 rings (SSSR count). The Morgan fingerprint density at radius 2 is 2.10 bits per heavy atom. The molecule has 0 bridgehead atoms. The molecular formula is C14H14N2O3S. The van der Waals surface area contributed by atoms with Crippen LogP contribution in [0.3, 0.4) is 0 Å². The summed E-state index contributed by atoms with van der Waals surface area (Å²) < 4.78 is 4.72. The number of benzene rings is 1. The summed E-state index contributed by atoms with van der Waals surface area (Å²) in [4.78, 5) is 25.5. The number of hydrogen-bond donors (Lipinski definition) is 0. The fourth-order valence-corrected chi connectivity index (χ4v) is 3.11. The van der Waals surface area contributed by atoms with Crippen molar-refractivity contribution >= 4 is 23.6 Å². The zero-order valence-corrected chi connectivity index (χ0v) is 11.9. The molecule has 0 aromatic heterocycles. The van der Waals surface area contributed by atoms with Crippen molar-refractivity contribution < 1.29 is 14.3 Å². The summed E-state index contributed by atoms with van der Waals surface area (Å²) in [7, 11) is 1.35. The number of hydrogen-bond acceptors (Lipinski definition) is 5. The quantitative estimate of drug-likeness (QED) is 0.768. The highest BCUT2D eigenvalue weighted by molar-refractivity contribution is 8.00. The third kappa shape index (κ3) is 3.11. The van der Waals surface area contributed by atoms with Gasteiger partial charge < -0.3 is 9.64 Å². The first-order chi connectivity index (χ1) is 9.65. The SMILES string of the molecule is COC(=O)[C@@H]1CN(C(=O)c2ccc(C#N)cc2)CCS1. The zero-order chi connectivity index (χ0) is 14.5. The maximum absolute atomic E-state index is 12.3. The zero-order valence-electron chi connectivity index (χ0n) is 11.0. The van der Waals surface area contributed by atoms with Gasteiger partial charge in [0.25, 0.3) is 5.91 Å². The predicted octanol–water partition coefficient (Wildman–Crippen LogP) is 1.29. The van der Waals surface area contributed by atoms with Gasteiger partial charge in [-0.1, -0.05) is 0 Å². The summed E-state index contributed by atoms with van der Waals surface area (Å²) in [6.45, 7) is 0.965. The van der Waals surface area contributed by atoms with E-state index in [2.05, 4.69) is 0 Å². The Labute approximate surface area is 121 Å². The van der Waals surface area contributed by atoms with E-state index >= 15 is 0 Å². The summed E-state index contributed by atoms with van der Waals surface area (Å²) in [5, 5.41) is 8.42. The summed E-state index contributed by atoms with van der Waals surface area (Å²) in [6, 6.07) is 8.51. The van der Waals surface area contributed by atoms with E-state index in [1.54, 1.807) is 29.2 Å². The number of ether oxygens (including phenoxy) is 1. The van der Waals surface area contributed by atoms with E-state index in [-0.39, 0.29) is 17.1 Å². The van der Waals surface area contributed by atoms with Crippen LogP contribution in [-0.2, 0) is 9.53 Å². The summed E-state index contributed by atoms with van der Waals surface area (Å²) in [5.41, 5.74) is 1.04. The Kier molecular flexibility index (Phi) is 4.64. The second-order valence-corrected chi connectivity index (χ2v) is 5.63. The number of thioether (sulfide) groups is 1. The van der Waals surface area contributed by atoms with E-state index in [0.717, 1.165) is 0 Å². The number of carbonyl (C=O) groups excluding carboxylic acids is 2. The second-order valence-electron chi connectivity index (χ2n) is 4.32. The third-order valence-electron chi connectivity index (χ3n) is 3.08. The number of nitrogens with zero attached hydrogens (tertiary/aromatic N) is 2. The standard InChI is InChI=1S/C14H14N2O3S/c1-19-14(18)12-9-16(6-7-20-12)13(17)11-4-2-10(8-15)3-5-11/h2-5,12H,6-7,9H2,1H3/t12-/m0/s1. The molecule has 20 heavy (non-hydrogen) atoms. The van der Waals surface area contributed by atoms with Crippen LogP contribution in [-0.4, -0.2) is 48.0 Å². The largest absolute Gasteiger partial charge is 0.468 e. The highest BCUT2D eigenvalue weighted by Gasteiger charge is 2.29. The van der Waals surface area contributed by atoms with E-state index in [1.807, 2.05) is 6.07 Å². The number of rotatable bonds is 2. The minimum atomic E-state index is -0.323. The summed E-state index contributed by atoms with van der Waals surface area (Å²) >= 11 is 1.51. The number of esters is 1. The van der Waals surface area contributed by atoms with E-state index in [4.69, 9.17) is 10.00 Å². The molecule has 0 radical (unpaired) electrons. The van der Waals surface area contributed by atoms with Gasteiger partial charge in [-0.2, -0.15) is 5.26 Å². The van der Waals surface area contributed by atoms with Crippen molar-refractivity contribution in [2.24, 2.45) is 0 Å². The van der Waals surface area contributed by atoms with Crippen LogP contribution in [0.15, 0.2) is 24.3 Å². The van der Waals surface area contributed by atoms with Crippen molar-refractivity contribution in [3.63, 3.8) is 0 Å². The molecule has 6 heteroatoms. The van der Waals surface area contributed by atoms with Crippen LogP contribution in [0.4, 0.5) is 0 Å². The normalized spacial score (nSPS) is 18.2. The first-order valence-electron chi connectivity index (χ1n) is 6.14. The smallest absolute Gasteiger partial charge is 0.320 e. The lowest BCUT2D eigenvalue weighted by molar-refractivity contribution is -0.140. The van der Waals surface area contributed by atoms with Gasteiger partial charge in [0.2, 0.25) is 0 Å². The van der Waals surface area contributed by atoms with E-state index in [9.17, 15) is 9.59 Å². The molecule has 0 saturated carbocycles. The van der Waals surface area contributed by atoms with Gasteiger partial charge in [-0.25, -0.2) is 0 Å². The molecule has 1 aromatic rings. The van der Waals surface area contributed by atoms with Gasteiger partial charge in [-0.3, -0.25) is 9.59 Å². The molecular weight excluding hydrogens is 276 g/mol. The Morgan fingerprint density at radius 1 is 1.40 bits per heavy atom. The lowest BCUT2D eigenvalue weighted by Gasteiger charge is -2.31. The topological polar surface area (TPSA) is 70.4 Å². The molecule has 1 aliphatic heterocycles. The fourth-order valence-electron chi connectivity index (χ4n) is 1.98. The minimum absolute atomic E-state index is 0.122. The Bertz CT molecular complexity index is 551. The van der Waals surface area contributed by atoms with Gasteiger partial charge in [0.1, 0.15) is 5.25 Å². The van der Waals surface area contributed by atoms with Crippen molar-refractivity contribution in [1.82, 2.24) is 4.90 Å². The van der Waals surface area contributed by atoms with Crippen LogP contribution in [0.1, 0.15) is 15.9 Å². The van der Waals surface area contributed by atoms with Crippen LogP contribution in [0.2, 0.25) is 0 Å². The van der Waals surface area contributed by atoms with Crippen LogP contribution >= 0.6 is 11.8 Å². The fraction of sp³-hybridized carbons (Fsp3) is 0.357. The summed E-state index contributed by atoms with van der Waals surface area (Å²) in [6.07, 6.45) is 0. The molecule has 1 aliphatic rings.